The second-order valence-electron chi connectivity index (χ2n) is 5.63. The molecule has 1 radical (unpaired) electrons. The molecule has 133 valence electrons. The van der Waals surface area contributed by atoms with Gasteiger partial charge in [0.05, 0.1) is 12.6 Å². The van der Waals surface area contributed by atoms with E-state index in [-0.39, 0.29) is 17.2 Å². The number of benzene rings is 1. The van der Waals surface area contributed by atoms with Gasteiger partial charge < -0.3 is 4.74 Å². The van der Waals surface area contributed by atoms with Gasteiger partial charge in [0.15, 0.2) is 0 Å². The molecule has 1 aromatic rings. The molecule has 1 rings (SSSR count). The molecule has 0 bridgehead atoms. The number of hydroxylamine groups is 2. The summed E-state index contributed by atoms with van der Waals surface area (Å²) in [6.45, 7) is 3.15. The predicted octanol–water partition coefficient (Wildman–Crippen LogP) is 2.98. The van der Waals surface area contributed by atoms with Gasteiger partial charge in [-0.15, -0.1) is 5.21 Å². The Labute approximate surface area is 137 Å². The highest BCUT2D eigenvalue weighted by molar-refractivity contribution is 5.77. The van der Waals surface area contributed by atoms with Crippen molar-refractivity contribution in [3.8, 4) is 0 Å². The number of rotatable bonds is 8. The van der Waals surface area contributed by atoms with Gasteiger partial charge >= 0.3 is 11.9 Å². The molecule has 1 atom stereocenters. The summed E-state index contributed by atoms with van der Waals surface area (Å²) in [5.41, 5.74) is -2.00. The van der Waals surface area contributed by atoms with E-state index >= 15 is 0 Å². The third kappa shape index (κ3) is 4.45. The molecule has 0 aliphatic rings. The SMILES string of the molecule is CCOC(=O)C(F)(F)C[C@H](c1ccccc1)N([O])C(C)(C)[N+](=O)[O-]. The summed E-state index contributed by atoms with van der Waals surface area (Å²) in [6.07, 6.45) is -1.23. The lowest BCUT2D eigenvalue weighted by Gasteiger charge is -2.32. The van der Waals surface area contributed by atoms with Gasteiger partial charge in [-0.1, -0.05) is 35.4 Å². The largest absolute Gasteiger partial charge is 0.462 e. The molecule has 0 N–H and O–H groups in total. The molecule has 0 unspecified atom stereocenters. The first-order valence-electron chi connectivity index (χ1n) is 7.25. The zero-order valence-electron chi connectivity index (χ0n) is 13.6. The van der Waals surface area contributed by atoms with Crippen molar-refractivity contribution >= 4 is 5.97 Å². The van der Waals surface area contributed by atoms with Gasteiger partial charge in [0.25, 0.3) is 5.66 Å². The molecule has 0 spiro atoms. The summed E-state index contributed by atoms with van der Waals surface area (Å²) in [5, 5.41) is 23.5. The summed E-state index contributed by atoms with van der Waals surface area (Å²) >= 11 is 0. The fraction of sp³-hybridized carbons (Fsp3) is 0.533. The number of nitro groups is 1. The molecule has 0 saturated carbocycles. The first-order valence-corrected chi connectivity index (χ1v) is 7.25. The van der Waals surface area contributed by atoms with E-state index in [1.54, 1.807) is 6.07 Å². The molecule has 1 aromatic carbocycles. The van der Waals surface area contributed by atoms with Crippen molar-refractivity contribution in [3.05, 3.63) is 46.0 Å². The summed E-state index contributed by atoms with van der Waals surface area (Å²) in [4.78, 5) is 21.6. The van der Waals surface area contributed by atoms with Gasteiger partial charge in [0.1, 0.15) is 0 Å². The minimum absolute atomic E-state index is 0.0184. The van der Waals surface area contributed by atoms with Crippen LogP contribution in [0.15, 0.2) is 30.3 Å². The van der Waals surface area contributed by atoms with Crippen LogP contribution in [0.25, 0.3) is 0 Å². The van der Waals surface area contributed by atoms with Gasteiger partial charge in [0.2, 0.25) is 0 Å². The number of hydrogen-bond donors (Lipinski definition) is 0. The molecule has 7 nitrogen and oxygen atoms in total. The number of esters is 1. The van der Waals surface area contributed by atoms with Crippen LogP contribution >= 0.6 is 0 Å². The summed E-state index contributed by atoms with van der Waals surface area (Å²) in [5.74, 6) is -5.72. The average molecular weight is 345 g/mol. The number of nitrogens with zero attached hydrogens (tertiary/aromatic N) is 2. The third-order valence-corrected chi connectivity index (χ3v) is 3.48. The van der Waals surface area contributed by atoms with Gasteiger partial charge in [-0.05, 0) is 12.5 Å². The highest BCUT2D eigenvalue weighted by Crippen LogP contribution is 2.36. The fourth-order valence-electron chi connectivity index (χ4n) is 2.04. The first-order chi connectivity index (χ1) is 11.0. The zero-order chi connectivity index (χ0) is 18.5. The molecule has 0 aromatic heterocycles. The fourth-order valence-corrected chi connectivity index (χ4v) is 2.04. The predicted molar refractivity (Wildman–Crippen MR) is 79.0 cm³/mol. The molecule has 0 aliphatic carbocycles. The molecular weight excluding hydrogens is 326 g/mol. The van der Waals surface area contributed by atoms with Crippen molar-refractivity contribution in [1.29, 1.82) is 0 Å². The maximum atomic E-state index is 14.1. The van der Waals surface area contributed by atoms with Gasteiger partial charge in [-0.3, -0.25) is 10.1 Å². The van der Waals surface area contributed by atoms with E-state index in [2.05, 4.69) is 4.74 Å². The summed E-state index contributed by atoms with van der Waals surface area (Å²) in [7, 11) is 0. The Morgan fingerprint density at radius 1 is 1.33 bits per heavy atom. The summed E-state index contributed by atoms with van der Waals surface area (Å²) < 4.78 is 32.5. The molecule has 9 heteroatoms. The second-order valence-corrected chi connectivity index (χ2v) is 5.63. The minimum Gasteiger partial charge on any atom is -0.462 e. The number of halogens is 2. The van der Waals surface area contributed by atoms with E-state index in [9.17, 15) is 28.9 Å². The van der Waals surface area contributed by atoms with Gasteiger partial charge in [-0.25, -0.2) is 4.79 Å². The van der Waals surface area contributed by atoms with Crippen LogP contribution in [0.5, 0.6) is 0 Å². The quantitative estimate of drug-likeness (QED) is 0.312. The number of hydrogen-bond acceptors (Lipinski definition) is 5. The van der Waals surface area contributed by atoms with Crippen molar-refractivity contribution < 1.29 is 28.4 Å². The molecule has 24 heavy (non-hydrogen) atoms. The van der Waals surface area contributed by atoms with E-state index in [1.807, 2.05) is 0 Å². The molecule has 0 aliphatic heterocycles. The Balaban J connectivity index is 3.21. The average Bonchev–Trinajstić information content (AvgIpc) is 2.52. The maximum Gasteiger partial charge on any atom is 0.377 e. The minimum atomic E-state index is -3.95. The van der Waals surface area contributed by atoms with E-state index < -0.39 is 34.9 Å². The lowest BCUT2D eigenvalue weighted by atomic mass is 9.97. The smallest absolute Gasteiger partial charge is 0.377 e. The first kappa shape index (κ1) is 19.9. The zero-order valence-corrected chi connectivity index (χ0v) is 13.6. The van der Waals surface area contributed by atoms with Crippen LogP contribution in [-0.4, -0.2) is 34.1 Å². The molecule has 0 fully saturated rings. The molecule has 0 amide bonds. The van der Waals surface area contributed by atoms with Crippen LogP contribution in [0.4, 0.5) is 8.78 Å². The van der Waals surface area contributed by atoms with E-state index in [4.69, 9.17) is 0 Å². The van der Waals surface area contributed by atoms with Crippen LogP contribution in [0, 0.1) is 10.1 Å². The highest BCUT2D eigenvalue weighted by Gasteiger charge is 2.50. The highest BCUT2D eigenvalue weighted by atomic mass is 19.3. The molecule has 0 heterocycles. The van der Waals surface area contributed by atoms with Crippen LogP contribution in [0.2, 0.25) is 0 Å². The topological polar surface area (TPSA) is 92.6 Å². The normalized spacial score (nSPS) is 13.6. The number of carbonyl (C=O) groups excluding carboxylic acids is 1. The standard InChI is InChI=1S/C15H19F2N2O5/c1-4-24-13(20)15(16,17)10-12(11-8-6-5-7-9-11)18(21)14(2,3)19(22)23/h5-9,12H,4,10H2,1-3H3/t12-/m1/s1. The monoisotopic (exact) mass is 345 g/mol. The molecular formula is C15H19F2N2O5. The van der Waals surface area contributed by atoms with Gasteiger partial charge in [0, 0.05) is 25.2 Å². The molecule has 0 saturated heterocycles. The van der Waals surface area contributed by atoms with Gasteiger partial charge in [-0.2, -0.15) is 8.78 Å². The van der Waals surface area contributed by atoms with Crippen LogP contribution in [-0.2, 0) is 14.7 Å². The van der Waals surface area contributed by atoms with Crippen molar-refractivity contribution in [2.75, 3.05) is 6.61 Å². The van der Waals surface area contributed by atoms with Crippen LogP contribution < -0.4 is 0 Å². The number of alkyl halides is 2. The van der Waals surface area contributed by atoms with Crippen molar-refractivity contribution in [1.82, 2.24) is 5.06 Å². The Morgan fingerprint density at radius 2 is 1.88 bits per heavy atom. The lowest BCUT2D eigenvalue weighted by molar-refractivity contribution is -0.625. The number of carbonyl (C=O) groups is 1. The second kappa shape index (κ2) is 7.63. The Bertz CT molecular complexity index is 580. The lowest BCUT2D eigenvalue weighted by Crippen LogP contribution is -2.50. The third-order valence-electron chi connectivity index (χ3n) is 3.48. The number of ether oxygens (including phenoxy) is 1. The Hall–Kier alpha value is -2.13. The Morgan fingerprint density at radius 3 is 2.33 bits per heavy atom. The van der Waals surface area contributed by atoms with E-state index in [0.29, 0.717) is 0 Å². The van der Waals surface area contributed by atoms with Crippen molar-refractivity contribution in [2.45, 2.75) is 44.8 Å². The Kier molecular flexibility index (Phi) is 6.33. The van der Waals surface area contributed by atoms with Crippen molar-refractivity contribution in [2.24, 2.45) is 0 Å². The summed E-state index contributed by atoms with van der Waals surface area (Å²) in [6, 6.07) is 5.83. The van der Waals surface area contributed by atoms with E-state index in [0.717, 1.165) is 13.8 Å². The van der Waals surface area contributed by atoms with Crippen LogP contribution in [0.1, 0.15) is 38.8 Å². The van der Waals surface area contributed by atoms with Crippen LogP contribution in [0.3, 0.4) is 0 Å². The van der Waals surface area contributed by atoms with Crippen molar-refractivity contribution in [3.63, 3.8) is 0 Å². The maximum absolute atomic E-state index is 14.1. The van der Waals surface area contributed by atoms with E-state index in [1.165, 1.54) is 31.2 Å².